The quantitative estimate of drug-likeness (QED) is 0.218. The van der Waals surface area contributed by atoms with Crippen LogP contribution in [0.5, 0.6) is 0 Å². The summed E-state index contributed by atoms with van der Waals surface area (Å²) in [7, 11) is -2.39. The summed E-state index contributed by atoms with van der Waals surface area (Å²) < 4.78 is 17.6. The van der Waals surface area contributed by atoms with E-state index < -0.39 is 8.80 Å². The van der Waals surface area contributed by atoms with Gasteiger partial charge in [-0.3, -0.25) is 0 Å². The van der Waals surface area contributed by atoms with Crippen molar-refractivity contribution in [2.75, 3.05) is 19.8 Å². The van der Waals surface area contributed by atoms with Crippen molar-refractivity contribution in [1.82, 2.24) is 0 Å². The Balaban J connectivity index is 3.78. The average Bonchev–Trinajstić information content (AvgIpc) is 2.46. The van der Waals surface area contributed by atoms with Gasteiger partial charge in [0, 0.05) is 25.9 Å². The topological polar surface area (TPSA) is 27.7 Å². The maximum absolute atomic E-state index is 5.87. The molecule has 0 aromatic carbocycles. The van der Waals surface area contributed by atoms with Gasteiger partial charge in [0.25, 0.3) is 0 Å². The fraction of sp³-hybridized carbons (Fsp3) is 0.882. The predicted molar refractivity (Wildman–Crippen MR) is 92.6 cm³/mol. The molecule has 0 N–H and O–H groups in total. The van der Waals surface area contributed by atoms with Gasteiger partial charge in [-0.15, -0.1) is 6.58 Å². The molecule has 0 amide bonds. The SMILES string of the molecule is C=CCCCCCCCCC[Si](OCC)(OCC)OCC. The van der Waals surface area contributed by atoms with Crippen LogP contribution in [0.15, 0.2) is 12.7 Å². The lowest BCUT2D eigenvalue weighted by atomic mass is 10.1. The molecular weight excluding hydrogens is 280 g/mol. The second kappa shape index (κ2) is 14.8. The standard InChI is InChI=1S/C17H36O3Si/c1-5-9-10-11-12-13-14-15-16-17-21(18-6-2,19-7-3)20-8-4/h5H,1,6-17H2,2-4H3. The first kappa shape index (κ1) is 20.8. The third kappa shape index (κ3) is 11.1. The van der Waals surface area contributed by atoms with Gasteiger partial charge in [-0.1, -0.05) is 38.2 Å². The Morgan fingerprint density at radius 1 is 0.714 bits per heavy atom. The van der Waals surface area contributed by atoms with Gasteiger partial charge in [-0.25, -0.2) is 0 Å². The number of rotatable bonds is 16. The highest BCUT2D eigenvalue weighted by Crippen LogP contribution is 2.20. The van der Waals surface area contributed by atoms with Gasteiger partial charge in [0.1, 0.15) is 0 Å². The van der Waals surface area contributed by atoms with Crippen LogP contribution >= 0.6 is 0 Å². The van der Waals surface area contributed by atoms with Gasteiger partial charge < -0.3 is 13.3 Å². The van der Waals surface area contributed by atoms with Crippen molar-refractivity contribution in [3.63, 3.8) is 0 Å². The van der Waals surface area contributed by atoms with Crippen LogP contribution in [0.2, 0.25) is 6.04 Å². The molecular formula is C17H36O3Si. The molecule has 0 heterocycles. The fourth-order valence-corrected chi connectivity index (χ4v) is 5.20. The van der Waals surface area contributed by atoms with Crippen LogP contribution in [0.3, 0.4) is 0 Å². The van der Waals surface area contributed by atoms with E-state index in [9.17, 15) is 0 Å². The van der Waals surface area contributed by atoms with E-state index in [1.807, 2.05) is 26.8 Å². The average molecular weight is 317 g/mol. The highest BCUT2D eigenvalue weighted by Gasteiger charge is 2.39. The van der Waals surface area contributed by atoms with E-state index in [0.717, 1.165) is 18.9 Å². The molecule has 0 saturated heterocycles. The van der Waals surface area contributed by atoms with Crippen LogP contribution in [0.4, 0.5) is 0 Å². The monoisotopic (exact) mass is 316 g/mol. The number of unbranched alkanes of at least 4 members (excludes halogenated alkanes) is 7. The summed E-state index contributed by atoms with van der Waals surface area (Å²) in [6, 6.07) is 0.957. The highest BCUT2D eigenvalue weighted by atomic mass is 28.4. The lowest BCUT2D eigenvalue weighted by molar-refractivity contribution is 0.0706. The summed E-state index contributed by atoms with van der Waals surface area (Å²) >= 11 is 0. The van der Waals surface area contributed by atoms with Crippen LogP contribution in [0.25, 0.3) is 0 Å². The zero-order valence-corrected chi connectivity index (χ0v) is 15.5. The minimum absolute atomic E-state index is 0.676. The van der Waals surface area contributed by atoms with Crippen molar-refractivity contribution < 1.29 is 13.3 Å². The second-order valence-corrected chi connectivity index (χ2v) is 8.02. The second-order valence-electron chi connectivity index (χ2n) is 5.28. The molecule has 0 bridgehead atoms. The molecule has 0 aromatic rings. The summed E-state index contributed by atoms with van der Waals surface area (Å²) in [5.74, 6) is 0. The zero-order valence-electron chi connectivity index (χ0n) is 14.5. The van der Waals surface area contributed by atoms with Gasteiger partial charge in [-0.05, 0) is 40.0 Å². The van der Waals surface area contributed by atoms with Crippen LogP contribution in [0, 0.1) is 0 Å². The molecule has 126 valence electrons. The summed E-state index contributed by atoms with van der Waals surface area (Å²) in [5.41, 5.74) is 0. The smallest absolute Gasteiger partial charge is 0.374 e. The van der Waals surface area contributed by atoms with E-state index in [0.29, 0.717) is 19.8 Å². The van der Waals surface area contributed by atoms with Gasteiger partial charge in [0.2, 0.25) is 0 Å². The lowest BCUT2D eigenvalue weighted by Gasteiger charge is -2.28. The molecule has 0 rings (SSSR count). The van der Waals surface area contributed by atoms with E-state index in [2.05, 4.69) is 6.58 Å². The Bertz CT molecular complexity index is 217. The van der Waals surface area contributed by atoms with Crippen molar-refractivity contribution in [3.8, 4) is 0 Å². The fourth-order valence-electron chi connectivity index (χ4n) is 2.52. The summed E-state index contributed by atoms with van der Waals surface area (Å²) in [4.78, 5) is 0. The van der Waals surface area contributed by atoms with E-state index in [1.54, 1.807) is 0 Å². The first-order valence-corrected chi connectivity index (χ1v) is 10.7. The van der Waals surface area contributed by atoms with Crippen LogP contribution in [-0.2, 0) is 13.3 Å². The van der Waals surface area contributed by atoms with Crippen molar-refractivity contribution in [2.24, 2.45) is 0 Å². The number of allylic oxidation sites excluding steroid dienone is 1. The normalized spacial score (nSPS) is 11.8. The molecule has 0 aliphatic carbocycles. The molecule has 0 aliphatic rings. The third-order valence-corrected chi connectivity index (χ3v) is 6.64. The Kier molecular flexibility index (Phi) is 14.6. The van der Waals surface area contributed by atoms with Crippen LogP contribution in [0.1, 0.15) is 72.1 Å². The van der Waals surface area contributed by atoms with E-state index in [1.165, 1.54) is 38.5 Å². The summed E-state index contributed by atoms with van der Waals surface area (Å²) in [5, 5.41) is 0. The molecule has 21 heavy (non-hydrogen) atoms. The van der Waals surface area contributed by atoms with Crippen molar-refractivity contribution in [1.29, 1.82) is 0 Å². The van der Waals surface area contributed by atoms with E-state index in [-0.39, 0.29) is 0 Å². The minimum atomic E-state index is -2.39. The maximum atomic E-state index is 5.87. The lowest BCUT2D eigenvalue weighted by Crippen LogP contribution is -2.45. The molecule has 0 saturated carbocycles. The Morgan fingerprint density at radius 2 is 1.14 bits per heavy atom. The van der Waals surface area contributed by atoms with Gasteiger partial charge in [0.15, 0.2) is 0 Å². The van der Waals surface area contributed by atoms with Crippen molar-refractivity contribution >= 4 is 8.80 Å². The highest BCUT2D eigenvalue weighted by molar-refractivity contribution is 6.60. The zero-order chi connectivity index (χ0) is 15.8. The molecule has 0 unspecified atom stereocenters. The van der Waals surface area contributed by atoms with E-state index in [4.69, 9.17) is 13.3 Å². The summed E-state index contributed by atoms with van der Waals surface area (Å²) in [6.07, 6.45) is 12.2. The van der Waals surface area contributed by atoms with Crippen molar-refractivity contribution in [2.45, 2.75) is 78.2 Å². The summed E-state index contributed by atoms with van der Waals surface area (Å²) in [6.45, 7) is 11.8. The van der Waals surface area contributed by atoms with Crippen LogP contribution < -0.4 is 0 Å². The first-order valence-electron chi connectivity index (χ1n) is 8.77. The van der Waals surface area contributed by atoms with Gasteiger partial charge >= 0.3 is 8.80 Å². The molecule has 0 aromatic heterocycles. The largest absolute Gasteiger partial charge is 0.500 e. The van der Waals surface area contributed by atoms with Gasteiger partial charge in [-0.2, -0.15) is 0 Å². The Hall–Kier alpha value is -0.163. The van der Waals surface area contributed by atoms with Crippen molar-refractivity contribution in [3.05, 3.63) is 12.7 Å². The Morgan fingerprint density at radius 3 is 1.57 bits per heavy atom. The minimum Gasteiger partial charge on any atom is -0.374 e. The molecule has 0 aliphatic heterocycles. The number of hydrogen-bond acceptors (Lipinski definition) is 3. The molecule has 4 heteroatoms. The molecule has 0 fully saturated rings. The molecule has 0 atom stereocenters. The molecule has 0 radical (unpaired) electrons. The first-order chi connectivity index (χ1) is 10.2. The predicted octanol–water partition coefficient (Wildman–Crippen LogP) is 5.34. The third-order valence-electron chi connectivity index (χ3n) is 3.48. The van der Waals surface area contributed by atoms with Gasteiger partial charge in [0.05, 0.1) is 0 Å². The van der Waals surface area contributed by atoms with E-state index >= 15 is 0 Å². The number of hydrogen-bond donors (Lipinski definition) is 0. The molecule has 0 spiro atoms. The molecule has 3 nitrogen and oxygen atoms in total. The van der Waals surface area contributed by atoms with Crippen LogP contribution in [-0.4, -0.2) is 28.6 Å². The maximum Gasteiger partial charge on any atom is 0.500 e. The Labute approximate surface area is 133 Å².